The van der Waals surface area contributed by atoms with Crippen LogP contribution in [0.15, 0.2) is 39.9 Å². The highest BCUT2D eigenvalue weighted by Gasteiger charge is 2.25. The number of amides is 1. The number of carbonyl (C=O) groups is 1. The summed E-state index contributed by atoms with van der Waals surface area (Å²) >= 11 is 6.17. The van der Waals surface area contributed by atoms with Gasteiger partial charge < -0.3 is 14.5 Å². The van der Waals surface area contributed by atoms with E-state index in [1.165, 1.54) is 11.3 Å². The number of hydrogen-bond donors (Lipinski definition) is 1. The Morgan fingerprint density at radius 1 is 1.30 bits per heavy atom. The first-order valence-electron chi connectivity index (χ1n) is 9.59. The van der Waals surface area contributed by atoms with Crippen LogP contribution in [0.25, 0.3) is 0 Å². The van der Waals surface area contributed by atoms with Gasteiger partial charge in [0, 0.05) is 11.1 Å². The number of furan rings is 1. The van der Waals surface area contributed by atoms with Gasteiger partial charge in [-0.05, 0) is 106 Å². The lowest BCUT2D eigenvalue weighted by Gasteiger charge is -2.12. The molecule has 8 heteroatoms. The second-order valence-corrected chi connectivity index (χ2v) is 10.3. The molecule has 156 valence electrons. The zero-order valence-electron chi connectivity index (χ0n) is 16.3. The molecule has 1 amide bonds. The van der Waals surface area contributed by atoms with Crippen LogP contribution in [-0.2, 0) is 19.4 Å². The predicted octanol–water partition coefficient (Wildman–Crippen LogP) is 6.12. The summed E-state index contributed by atoms with van der Waals surface area (Å²) in [5.41, 5.74) is 2.86. The van der Waals surface area contributed by atoms with E-state index in [9.17, 15) is 4.79 Å². The maximum atomic E-state index is 13.1. The molecule has 2 aromatic heterocycles. The predicted molar refractivity (Wildman–Crippen MR) is 137 cm³/mol. The fourth-order valence-corrected chi connectivity index (χ4v) is 7.01. The maximum absolute atomic E-state index is 13.1. The summed E-state index contributed by atoms with van der Waals surface area (Å²) in [6.07, 6.45) is 7.68. The van der Waals surface area contributed by atoms with E-state index in [2.05, 4.69) is 50.5 Å². The van der Waals surface area contributed by atoms with Gasteiger partial charge in [-0.25, -0.2) is 4.99 Å². The number of aryl methyl sites for hydroxylation is 1. The first-order valence-corrected chi connectivity index (χ1v) is 12.6. The van der Waals surface area contributed by atoms with Gasteiger partial charge in [-0.2, -0.15) is 0 Å². The highest BCUT2D eigenvalue weighted by Crippen LogP contribution is 2.40. The zero-order chi connectivity index (χ0) is 21.1. The highest BCUT2D eigenvalue weighted by molar-refractivity contribution is 14.1. The standard InChI is InChI=1S/C22H20I2N2O3S/c1-28-20-16(23)9-13(10-17(20)24)11-26-22-19(15-6-2-3-7-18(15)30-22)21(27)25-12-14-5-4-8-29-14/h4-5,8-11H,2-3,6-7,12H2,1H3,(H,25,27). The largest absolute Gasteiger partial charge is 0.495 e. The third-order valence-electron chi connectivity index (χ3n) is 4.94. The summed E-state index contributed by atoms with van der Waals surface area (Å²) in [4.78, 5) is 19.1. The van der Waals surface area contributed by atoms with Crippen LogP contribution in [-0.4, -0.2) is 19.2 Å². The Kier molecular flexibility index (Phi) is 7.14. The van der Waals surface area contributed by atoms with Crippen molar-refractivity contribution in [3.63, 3.8) is 0 Å². The molecule has 0 spiro atoms. The number of methoxy groups -OCH3 is 1. The van der Waals surface area contributed by atoms with Crippen molar-refractivity contribution in [2.24, 2.45) is 4.99 Å². The number of hydrogen-bond acceptors (Lipinski definition) is 5. The molecule has 3 aromatic rings. The molecule has 0 saturated heterocycles. The minimum Gasteiger partial charge on any atom is -0.495 e. The lowest BCUT2D eigenvalue weighted by Crippen LogP contribution is -2.23. The van der Waals surface area contributed by atoms with Crippen molar-refractivity contribution in [1.82, 2.24) is 5.32 Å². The molecule has 30 heavy (non-hydrogen) atoms. The van der Waals surface area contributed by atoms with Crippen LogP contribution in [0.1, 0.15) is 45.0 Å². The molecule has 0 radical (unpaired) electrons. The molecule has 0 unspecified atom stereocenters. The summed E-state index contributed by atoms with van der Waals surface area (Å²) in [5, 5.41) is 3.77. The van der Waals surface area contributed by atoms with E-state index in [-0.39, 0.29) is 5.91 Å². The SMILES string of the molecule is COc1c(I)cc(C=Nc2sc3c(c2C(=O)NCc2ccco2)CCCC3)cc1I. The van der Waals surface area contributed by atoms with Gasteiger partial charge in [0.1, 0.15) is 16.5 Å². The van der Waals surface area contributed by atoms with Crippen molar-refractivity contribution < 1.29 is 13.9 Å². The summed E-state index contributed by atoms with van der Waals surface area (Å²) in [6.45, 7) is 0.370. The number of benzene rings is 1. The zero-order valence-corrected chi connectivity index (χ0v) is 21.5. The van der Waals surface area contributed by atoms with Crippen molar-refractivity contribution in [2.45, 2.75) is 32.2 Å². The van der Waals surface area contributed by atoms with Crippen LogP contribution in [0, 0.1) is 7.14 Å². The average molecular weight is 646 g/mol. The highest BCUT2D eigenvalue weighted by atomic mass is 127. The average Bonchev–Trinajstić information content (AvgIpc) is 3.37. The molecule has 2 heterocycles. The molecule has 0 aliphatic heterocycles. The molecule has 0 fully saturated rings. The van der Waals surface area contributed by atoms with E-state index in [1.807, 2.05) is 30.5 Å². The molecule has 4 rings (SSSR count). The Hall–Kier alpha value is -1.40. The first kappa shape index (κ1) is 21.8. The molecular weight excluding hydrogens is 626 g/mol. The molecule has 1 N–H and O–H groups in total. The van der Waals surface area contributed by atoms with Crippen molar-refractivity contribution in [1.29, 1.82) is 0 Å². The minimum absolute atomic E-state index is 0.0863. The number of halogens is 2. The quantitative estimate of drug-likeness (QED) is 0.260. The van der Waals surface area contributed by atoms with Crippen LogP contribution in [0.2, 0.25) is 0 Å². The van der Waals surface area contributed by atoms with Gasteiger partial charge in [0.15, 0.2) is 0 Å². The van der Waals surface area contributed by atoms with Gasteiger partial charge in [0.2, 0.25) is 0 Å². The number of fused-ring (bicyclic) bond motifs is 1. The molecule has 1 aliphatic carbocycles. The molecule has 0 atom stereocenters. The summed E-state index contributed by atoms with van der Waals surface area (Å²) in [7, 11) is 1.68. The molecule has 0 bridgehead atoms. The van der Waals surface area contributed by atoms with E-state index in [0.717, 1.165) is 59.6 Å². The van der Waals surface area contributed by atoms with Gasteiger partial charge in [0.05, 0.1) is 32.6 Å². The van der Waals surface area contributed by atoms with Gasteiger partial charge >= 0.3 is 0 Å². The van der Waals surface area contributed by atoms with E-state index >= 15 is 0 Å². The lowest BCUT2D eigenvalue weighted by atomic mass is 9.95. The number of rotatable bonds is 6. The van der Waals surface area contributed by atoms with Crippen molar-refractivity contribution in [3.8, 4) is 5.75 Å². The monoisotopic (exact) mass is 646 g/mol. The number of nitrogens with zero attached hydrogens (tertiary/aromatic N) is 1. The van der Waals surface area contributed by atoms with Crippen LogP contribution < -0.4 is 10.1 Å². The topological polar surface area (TPSA) is 63.8 Å². The van der Waals surface area contributed by atoms with Gasteiger partial charge in [-0.1, -0.05) is 0 Å². The normalized spacial score (nSPS) is 13.4. The summed E-state index contributed by atoms with van der Waals surface area (Å²) in [6, 6.07) is 7.75. The van der Waals surface area contributed by atoms with Crippen LogP contribution in [0.4, 0.5) is 5.00 Å². The number of ether oxygens (including phenoxy) is 1. The second kappa shape index (κ2) is 9.82. The number of thiophene rings is 1. The number of nitrogens with one attached hydrogen (secondary N) is 1. The molecule has 1 aromatic carbocycles. The van der Waals surface area contributed by atoms with Crippen LogP contribution >= 0.6 is 56.5 Å². The van der Waals surface area contributed by atoms with Crippen LogP contribution in [0.3, 0.4) is 0 Å². The van der Waals surface area contributed by atoms with E-state index in [0.29, 0.717) is 6.54 Å². The Labute approximate surface area is 206 Å². The Bertz CT molecular complexity index is 1070. The number of carbonyl (C=O) groups excluding carboxylic acids is 1. The molecule has 1 aliphatic rings. The second-order valence-electron chi connectivity index (χ2n) is 6.93. The third-order valence-corrected chi connectivity index (χ3v) is 7.74. The fraction of sp³-hybridized carbons (Fsp3) is 0.273. The van der Waals surface area contributed by atoms with Crippen LogP contribution in [0.5, 0.6) is 5.75 Å². The van der Waals surface area contributed by atoms with Crippen molar-refractivity contribution >= 4 is 73.6 Å². The minimum atomic E-state index is -0.0863. The Balaban J connectivity index is 1.63. The van der Waals surface area contributed by atoms with Gasteiger partial charge in [0.25, 0.3) is 5.91 Å². The van der Waals surface area contributed by atoms with Crippen molar-refractivity contribution in [3.05, 3.63) is 65.0 Å². The Morgan fingerprint density at radius 3 is 2.77 bits per heavy atom. The third kappa shape index (κ3) is 4.75. The lowest BCUT2D eigenvalue weighted by molar-refractivity contribution is 0.0948. The van der Waals surface area contributed by atoms with Gasteiger partial charge in [-0.3, -0.25) is 4.79 Å². The van der Waals surface area contributed by atoms with E-state index in [4.69, 9.17) is 14.1 Å². The summed E-state index contributed by atoms with van der Waals surface area (Å²) < 4.78 is 12.8. The van der Waals surface area contributed by atoms with Gasteiger partial charge in [-0.15, -0.1) is 11.3 Å². The molecular formula is C22H20I2N2O3S. The van der Waals surface area contributed by atoms with E-state index < -0.39 is 0 Å². The Morgan fingerprint density at radius 2 is 2.07 bits per heavy atom. The first-order chi connectivity index (χ1) is 14.6. The van der Waals surface area contributed by atoms with Crippen molar-refractivity contribution in [2.75, 3.05) is 7.11 Å². The van der Waals surface area contributed by atoms with E-state index in [1.54, 1.807) is 24.7 Å². The number of aliphatic imine (C=N–C) groups is 1. The molecule has 5 nitrogen and oxygen atoms in total. The smallest absolute Gasteiger partial charge is 0.255 e. The summed E-state index contributed by atoms with van der Waals surface area (Å²) in [5.74, 6) is 1.52. The molecule has 0 saturated carbocycles. The maximum Gasteiger partial charge on any atom is 0.255 e. The fourth-order valence-electron chi connectivity index (χ4n) is 3.53.